The summed E-state index contributed by atoms with van der Waals surface area (Å²) in [6.45, 7) is 5.10. The maximum atomic E-state index is 11.3. The van der Waals surface area contributed by atoms with E-state index in [1.165, 1.54) is 0 Å². The van der Waals surface area contributed by atoms with Crippen LogP contribution < -0.4 is 0 Å². The summed E-state index contributed by atoms with van der Waals surface area (Å²) in [5, 5.41) is 10.1. The van der Waals surface area contributed by atoms with Gasteiger partial charge in [-0.25, -0.2) is 4.79 Å². The van der Waals surface area contributed by atoms with Crippen molar-refractivity contribution in [2.75, 3.05) is 0 Å². The molecule has 2 fully saturated rings. The molecule has 0 amide bonds. The molecule has 0 spiro atoms. The van der Waals surface area contributed by atoms with Gasteiger partial charge in [0.25, 0.3) is 0 Å². The number of carbonyl (C=O) groups is 1. The van der Waals surface area contributed by atoms with Gasteiger partial charge in [-0.05, 0) is 32.1 Å². The van der Waals surface area contributed by atoms with E-state index in [1.54, 1.807) is 6.92 Å². The molecule has 14 heavy (non-hydrogen) atoms. The molecule has 0 saturated heterocycles. The minimum Gasteiger partial charge on any atom is -0.430 e. The highest BCUT2D eigenvalue weighted by atomic mass is 16.7. The first-order valence-electron chi connectivity index (χ1n) is 5.12. The second-order valence-corrected chi connectivity index (χ2v) is 4.59. The maximum absolute atomic E-state index is 11.3. The summed E-state index contributed by atoms with van der Waals surface area (Å²) in [6.07, 6.45) is 3.75. The number of rotatable bonds is 2. The number of carbonyl (C=O) groups excluding carboxylic acids is 1. The molecule has 1 N–H and O–H groups in total. The summed E-state index contributed by atoms with van der Waals surface area (Å²) >= 11 is 0. The van der Waals surface area contributed by atoms with E-state index in [-0.39, 0.29) is 5.92 Å². The Labute approximate surface area is 83.8 Å². The number of esters is 1. The third-order valence-electron chi connectivity index (χ3n) is 3.38. The molecule has 2 aliphatic carbocycles. The SMILES string of the molecule is C=C(C)C(=O)OC1(O)CC2CCC1C2. The van der Waals surface area contributed by atoms with Crippen molar-refractivity contribution in [2.45, 2.75) is 38.4 Å². The topological polar surface area (TPSA) is 46.5 Å². The van der Waals surface area contributed by atoms with E-state index in [2.05, 4.69) is 6.58 Å². The Bertz CT molecular complexity index is 284. The molecule has 3 atom stereocenters. The van der Waals surface area contributed by atoms with Crippen molar-refractivity contribution in [3.05, 3.63) is 12.2 Å². The van der Waals surface area contributed by atoms with Gasteiger partial charge in [0.1, 0.15) is 0 Å². The zero-order valence-corrected chi connectivity index (χ0v) is 8.45. The van der Waals surface area contributed by atoms with E-state index in [4.69, 9.17) is 4.74 Å². The average molecular weight is 196 g/mol. The number of hydrogen-bond donors (Lipinski definition) is 1. The molecule has 0 heterocycles. The van der Waals surface area contributed by atoms with Crippen LogP contribution in [-0.2, 0) is 9.53 Å². The normalized spacial score (nSPS) is 39.9. The predicted octanol–water partition coefficient (Wildman–Crippen LogP) is 1.61. The van der Waals surface area contributed by atoms with Gasteiger partial charge in [0.2, 0.25) is 5.79 Å². The fourth-order valence-electron chi connectivity index (χ4n) is 2.62. The highest BCUT2D eigenvalue weighted by molar-refractivity contribution is 5.87. The molecule has 0 radical (unpaired) electrons. The van der Waals surface area contributed by atoms with Crippen molar-refractivity contribution >= 4 is 5.97 Å². The van der Waals surface area contributed by atoms with Gasteiger partial charge in [0.15, 0.2) is 0 Å². The summed E-state index contributed by atoms with van der Waals surface area (Å²) in [5.41, 5.74) is 0.348. The number of ether oxygens (including phenoxy) is 1. The van der Waals surface area contributed by atoms with Crippen LogP contribution in [0.25, 0.3) is 0 Å². The van der Waals surface area contributed by atoms with Gasteiger partial charge in [0.05, 0.1) is 0 Å². The van der Waals surface area contributed by atoms with Gasteiger partial charge in [-0.1, -0.05) is 6.58 Å². The molecule has 2 saturated carbocycles. The molecule has 2 bridgehead atoms. The van der Waals surface area contributed by atoms with Crippen LogP contribution in [0.2, 0.25) is 0 Å². The Balaban J connectivity index is 2.04. The lowest BCUT2D eigenvalue weighted by Crippen LogP contribution is -2.40. The summed E-state index contributed by atoms with van der Waals surface area (Å²) in [6, 6.07) is 0. The molecule has 3 nitrogen and oxygen atoms in total. The Hall–Kier alpha value is -0.830. The van der Waals surface area contributed by atoms with Gasteiger partial charge in [-0.15, -0.1) is 0 Å². The van der Waals surface area contributed by atoms with Crippen molar-refractivity contribution in [3.8, 4) is 0 Å². The molecule has 2 aliphatic rings. The quantitative estimate of drug-likeness (QED) is 0.414. The third kappa shape index (κ3) is 1.46. The summed E-state index contributed by atoms with van der Waals surface area (Å²) in [5.74, 6) is -0.974. The molecule has 2 rings (SSSR count). The second kappa shape index (κ2) is 3.09. The highest BCUT2D eigenvalue weighted by Crippen LogP contribution is 2.51. The standard InChI is InChI=1S/C11H16O3/c1-7(2)10(12)14-11(13)6-8-3-4-9(11)5-8/h8-9,13H,1,3-6H2,2H3. The van der Waals surface area contributed by atoms with Crippen molar-refractivity contribution < 1.29 is 14.6 Å². The lowest BCUT2D eigenvalue weighted by Gasteiger charge is -2.31. The average Bonchev–Trinajstić information content (AvgIpc) is 2.62. The Morgan fingerprint density at radius 1 is 1.57 bits per heavy atom. The summed E-state index contributed by atoms with van der Waals surface area (Å²) in [7, 11) is 0. The first-order chi connectivity index (χ1) is 6.51. The van der Waals surface area contributed by atoms with Crippen molar-refractivity contribution in [1.29, 1.82) is 0 Å². The van der Waals surface area contributed by atoms with E-state index in [0.717, 1.165) is 19.3 Å². The van der Waals surface area contributed by atoms with Crippen LogP contribution in [0.5, 0.6) is 0 Å². The Morgan fingerprint density at radius 3 is 2.71 bits per heavy atom. The number of fused-ring (bicyclic) bond motifs is 2. The van der Waals surface area contributed by atoms with Crippen LogP contribution in [0.1, 0.15) is 32.6 Å². The van der Waals surface area contributed by atoms with Crippen LogP contribution >= 0.6 is 0 Å². The van der Waals surface area contributed by atoms with Crippen LogP contribution in [0.4, 0.5) is 0 Å². The smallest absolute Gasteiger partial charge is 0.335 e. The van der Waals surface area contributed by atoms with E-state index in [9.17, 15) is 9.90 Å². The van der Waals surface area contributed by atoms with Gasteiger partial charge in [0, 0.05) is 17.9 Å². The number of aliphatic hydroxyl groups is 1. The summed E-state index contributed by atoms with van der Waals surface area (Å²) in [4.78, 5) is 11.3. The zero-order chi connectivity index (χ0) is 10.3. The van der Waals surface area contributed by atoms with Crippen LogP contribution in [0.15, 0.2) is 12.2 Å². The van der Waals surface area contributed by atoms with Gasteiger partial charge >= 0.3 is 5.97 Å². The molecule has 78 valence electrons. The van der Waals surface area contributed by atoms with Crippen molar-refractivity contribution in [3.63, 3.8) is 0 Å². The van der Waals surface area contributed by atoms with E-state index in [0.29, 0.717) is 17.9 Å². The first kappa shape index (κ1) is 9.71. The fraction of sp³-hybridized carbons (Fsp3) is 0.727. The molecule has 0 aromatic carbocycles. The molecular weight excluding hydrogens is 180 g/mol. The Kier molecular flexibility index (Phi) is 2.14. The lowest BCUT2D eigenvalue weighted by molar-refractivity contribution is -0.225. The Morgan fingerprint density at radius 2 is 2.29 bits per heavy atom. The largest absolute Gasteiger partial charge is 0.430 e. The molecule has 3 heteroatoms. The van der Waals surface area contributed by atoms with Crippen molar-refractivity contribution in [2.24, 2.45) is 11.8 Å². The zero-order valence-electron chi connectivity index (χ0n) is 8.45. The van der Waals surface area contributed by atoms with Crippen LogP contribution in [-0.4, -0.2) is 16.9 Å². The monoisotopic (exact) mass is 196 g/mol. The fourth-order valence-corrected chi connectivity index (χ4v) is 2.62. The predicted molar refractivity (Wildman–Crippen MR) is 51.3 cm³/mol. The maximum Gasteiger partial charge on any atom is 0.335 e. The number of hydrogen-bond acceptors (Lipinski definition) is 3. The van der Waals surface area contributed by atoms with Crippen LogP contribution in [0.3, 0.4) is 0 Å². The molecule has 3 unspecified atom stereocenters. The van der Waals surface area contributed by atoms with Crippen molar-refractivity contribution in [1.82, 2.24) is 0 Å². The molecule has 0 aromatic rings. The lowest BCUT2D eigenvalue weighted by atomic mass is 9.94. The van der Waals surface area contributed by atoms with Crippen LogP contribution in [0, 0.1) is 11.8 Å². The third-order valence-corrected chi connectivity index (χ3v) is 3.38. The van der Waals surface area contributed by atoms with E-state index >= 15 is 0 Å². The van der Waals surface area contributed by atoms with Gasteiger partial charge in [-0.3, -0.25) is 0 Å². The highest BCUT2D eigenvalue weighted by Gasteiger charge is 2.52. The minimum absolute atomic E-state index is 0.149. The minimum atomic E-state index is -1.20. The van der Waals surface area contributed by atoms with Gasteiger partial charge < -0.3 is 9.84 Å². The van der Waals surface area contributed by atoms with E-state index < -0.39 is 11.8 Å². The second-order valence-electron chi connectivity index (χ2n) is 4.59. The first-order valence-corrected chi connectivity index (χ1v) is 5.12. The summed E-state index contributed by atoms with van der Waals surface area (Å²) < 4.78 is 5.11. The van der Waals surface area contributed by atoms with Gasteiger partial charge in [-0.2, -0.15) is 0 Å². The van der Waals surface area contributed by atoms with E-state index in [1.807, 2.05) is 0 Å². The molecule has 0 aliphatic heterocycles. The molecular formula is C11H16O3. The molecule has 0 aromatic heterocycles.